The number of allylic oxidation sites excluding steroid dienone is 3. The van der Waals surface area contributed by atoms with Crippen LogP contribution in [0.2, 0.25) is 0 Å². The number of aliphatic imine (C=N–C) groups is 1. The number of hydrogen-bond donors (Lipinski definition) is 1. The predicted octanol–water partition coefficient (Wildman–Crippen LogP) is 3.79. The minimum atomic E-state index is 0.413. The standard InChI is InChI=1S/C12H14N2OS/c1-7-6-10(8(2)9(3)11(7)15)14-12-13-4-5-16-12/h4-5,15H,6H2,1-3H3. The van der Waals surface area contributed by atoms with Crippen LogP contribution in [0.4, 0.5) is 5.13 Å². The van der Waals surface area contributed by atoms with E-state index >= 15 is 0 Å². The summed E-state index contributed by atoms with van der Waals surface area (Å²) in [6.45, 7) is 5.85. The van der Waals surface area contributed by atoms with Crippen molar-refractivity contribution in [2.45, 2.75) is 27.2 Å². The summed E-state index contributed by atoms with van der Waals surface area (Å²) < 4.78 is 0. The molecule has 0 bridgehead atoms. The molecule has 0 aromatic carbocycles. The molecule has 1 aliphatic rings. The number of thiazole rings is 1. The second kappa shape index (κ2) is 4.22. The summed E-state index contributed by atoms with van der Waals surface area (Å²) in [5, 5.41) is 12.5. The fourth-order valence-electron chi connectivity index (χ4n) is 1.69. The summed E-state index contributed by atoms with van der Waals surface area (Å²) in [4.78, 5) is 8.66. The van der Waals surface area contributed by atoms with Crippen molar-refractivity contribution in [2.24, 2.45) is 4.99 Å². The molecule has 0 spiro atoms. The Morgan fingerprint density at radius 2 is 2.06 bits per heavy atom. The smallest absolute Gasteiger partial charge is 0.209 e. The van der Waals surface area contributed by atoms with Crippen molar-refractivity contribution in [3.8, 4) is 0 Å². The van der Waals surface area contributed by atoms with Crippen molar-refractivity contribution < 1.29 is 5.11 Å². The van der Waals surface area contributed by atoms with Crippen LogP contribution in [-0.2, 0) is 0 Å². The lowest BCUT2D eigenvalue weighted by Crippen LogP contribution is -2.11. The minimum Gasteiger partial charge on any atom is -0.508 e. The Balaban J connectivity index is 2.41. The van der Waals surface area contributed by atoms with Crippen molar-refractivity contribution in [1.82, 2.24) is 4.98 Å². The molecular formula is C12H14N2OS. The summed E-state index contributed by atoms with van der Waals surface area (Å²) in [6.07, 6.45) is 2.45. The van der Waals surface area contributed by atoms with E-state index in [4.69, 9.17) is 0 Å². The van der Waals surface area contributed by atoms with Crippen LogP contribution in [0.1, 0.15) is 27.2 Å². The third kappa shape index (κ3) is 1.93. The van der Waals surface area contributed by atoms with E-state index in [0.29, 0.717) is 12.2 Å². The van der Waals surface area contributed by atoms with E-state index in [0.717, 1.165) is 27.6 Å². The van der Waals surface area contributed by atoms with Gasteiger partial charge in [0, 0.05) is 18.0 Å². The second-order valence-electron chi connectivity index (χ2n) is 3.93. The third-order valence-electron chi connectivity index (χ3n) is 2.84. The highest BCUT2D eigenvalue weighted by Crippen LogP contribution is 2.28. The van der Waals surface area contributed by atoms with Crippen molar-refractivity contribution >= 4 is 22.2 Å². The van der Waals surface area contributed by atoms with Gasteiger partial charge in [0.15, 0.2) is 0 Å². The van der Waals surface area contributed by atoms with Crippen LogP contribution in [0.25, 0.3) is 0 Å². The Bertz CT molecular complexity index is 495. The second-order valence-corrected chi connectivity index (χ2v) is 4.80. The molecular weight excluding hydrogens is 220 g/mol. The number of aliphatic hydroxyl groups excluding tert-OH is 1. The quantitative estimate of drug-likeness (QED) is 0.803. The van der Waals surface area contributed by atoms with Crippen molar-refractivity contribution in [1.29, 1.82) is 0 Å². The first-order valence-electron chi connectivity index (χ1n) is 5.13. The maximum absolute atomic E-state index is 9.81. The predicted molar refractivity (Wildman–Crippen MR) is 67.5 cm³/mol. The monoisotopic (exact) mass is 234 g/mol. The van der Waals surface area contributed by atoms with E-state index in [1.54, 1.807) is 6.20 Å². The van der Waals surface area contributed by atoms with Gasteiger partial charge in [0.2, 0.25) is 5.13 Å². The normalized spacial score (nSPS) is 19.8. The molecule has 0 saturated heterocycles. The molecule has 4 heteroatoms. The first kappa shape index (κ1) is 11.1. The summed E-state index contributed by atoms with van der Waals surface area (Å²) in [5.74, 6) is 0.413. The Morgan fingerprint density at radius 3 is 2.69 bits per heavy atom. The van der Waals surface area contributed by atoms with Crippen molar-refractivity contribution in [2.75, 3.05) is 0 Å². The van der Waals surface area contributed by atoms with Gasteiger partial charge >= 0.3 is 0 Å². The SMILES string of the molecule is CC1=C(O)C(C)=C(C)C(=Nc2nccs2)C1. The zero-order valence-corrected chi connectivity index (χ0v) is 10.4. The van der Waals surface area contributed by atoms with E-state index in [9.17, 15) is 5.11 Å². The van der Waals surface area contributed by atoms with Crippen LogP contribution >= 0.6 is 11.3 Å². The maximum Gasteiger partial charge on any atom is 0.209 e. The Morgan fingerprint density at radius 1 is 1.31 bits per heavy atom. The van der Waals surface area contributed by atoms with Gasteiger partial charge in [-0.2, -0.15) is 0 Å². The summed E-state index contributed by atoms with van der Waals surface area (Å²) in [7, 11) is 0. The third-order valence-corrected chi connectivity index (χ3v) is 3.50. The molecule has 1 aliphatic carbocycles. The lowest BCUT2D eigenvalue weighted by molar-refractivity contribution is 0.413. The number of nitrogens with zero attached hydrogens (tertiary/aromatic N) is 2. The van der Waals surface area contributed by atoms with Crippen LogP contribution in [0.5, 0.6) is 0 Å². The molecule has 1 heterocycles. The number of hydrogen-bond acceptors (Lipinski definition) is 4. The number of aliphatic hydroxyl groups is 1. The largest absolute Gasteiger partial charge is 0.508 e. The van der Waals surface area contributed by atoms with Gasteiger partial charge in [-0.3, -0.25) is 0 Å². The molecule has 1 N–H and O–H groups in total. The Hall–Kier alpha value is -1.42. The van der Waals surface area contributed by atoms with Crippen molar-refractivity contribution in [3.63, 3.8) is 0 Å². The fraction of sp³-hybridized carbons (Fsp3) is 0.333. The van der Waals surface area contributed by atoms with E-state index in [1.165, 1.54) is 11.3 Å². The average molecular weight is 234 g/mol. The fourth-order valence-corrected chi connectivity index (χ4v) is 2.22. The van der Waals surface area contributed by atoms with Gasteiger partial charge in [0.25, 0.3) is 0 Å². The van der Waals surface area contributed by atoms with Gasteiger partial charge in [-0.15, -0.1) is 11.3 Å². The maximum atomic E-state index is 9.81. The van der Waals surface area contributed by atoms with Crippen LogP contribution < -0.4 is 0 Å². The van der Waals surface area contributed by atoms with E-state index in [1.807, 2.05) is 26.2 Å². The zero-order valence-electron chi connectivity index (χ0n) is 9.61. The van der Waals surface area contributed by atoms with Gasteiger partial charge in [0.1, 0.15) is 5.76 Å². The molecule has 1 aromatic heterocycles. The highest BCUT2D eigenvalue weighted by Gasteiger charge is 2.18. The van der Waals surface area contributed by atoms with Gasteiger partial charge in [-0.05, 0) is 37.5 Å². The molecule has 0 aliphatic heterocycles. The molecule has 0 unspecified atom stereocenters. The van der Waals surface area contributed by atoms with Crippen molar-refractivity contribution in [3.05, 3.63) is 34.1 Å². The highest BCUT2D eigenvalue weighted by molar-refractivity contribution is 7.13. The molecule has 0 fully saturated rings. The molecule has 0 saturated carbocycles. The molecule has 16 heavy (non-hydrogen) atoms. The van der Waals surface area contributed by atoms with Gasteiger partial charge < -0.3 is 5.11 Å². The lowest BCUT2D eigenvalue weighted by atomic mass is 9.91. The molecule has 0 radical (unpaired) electrons. The summed E-state index contributed by atoms with van der Waals surface area (Å²) in [5.41, 5.74) is 3.94. The lowest BCUT2D eigenvalue weighted by Gasteiger charge is -2.18. The van der Waals surface area contributed by atoms with Crippen LogP contribution in [-0.4, -0.2) is 15.8 Å². The van der Waals surface area contributed by atoms with Gasteiger partial charge in [-0.1, -0.05) is 0 Å². The molecule has 2 rings (SSSR count). The molecule has 0 atom stereocenters. The molecule has 1 aromatic rings. The topological polar surface area (TPSA) is 45.5 Å². The van der Waals surface area contributed by atoms with Crippen LogP contribution in [0, 0.1) is 0 Å². The molecule has 84 valence electrons. The summed E-state index contributed by atoms with van der Waals surface area (Å²) in [6, 6.07) is 0. The number of aromatic nitrogens is 1. The first-order valence-corrected chi connectivity index (χ1v) is 6.01. The molecule has 0 amide bonds. The minimum absolute atomic E-state index is 0.413. The van der Waals surface area contributed by atoms with Gasteiger partial charge in [-0.25, -0.2) is 9.98 Å². The van der Waals surface area contributed by atoms with E-state index in [-0.39, 0.29) is 0 Å². The average Bonchev–Trinajstić information content (AvgIpc) is 2.76. The Kier molecular flexibility index (Phi) is 2.92. The Labute approximate surface area is 98.9 Å². The summed E-state index contributed by atoms with van der Waals surface area (Å²) >= 11 is 1.52. The first-order chi connectivity index (χ1) is 7.59. The molecule has 3 nitrogen and oxygen atoms in total. The highest BCUT2D eigenvalue weighted by atomic mass is 32.1. The number of rotatable bonds is 1. The van der Waals surface area contributed by atoms with Gasteiger partial charge in [0.05, 0.1) is 5.71 Å². The van der Waals surface area contributed by atoms with Crippen LogP contribution in [0.3, 0.4) is 0 Å². The van der Waals surface area contributed by atoms with Crippen LogP contribution in [0.15, 0.2) is 39.0 Å². The van der Waals surface area contributed by atoms with E-state index < -0.39 is 0 Å². The zero-order chi connectivity index (χ0) is 11.7. The van der Waals surface area contributed by atoms with E-state index in [2.05, 4.69) is 9.98 Å².